The maximum absolute atomic E-state index is 8.97. The summed E-state index contributed by atoms with van der Waals surface area (Å²) in [6.45, 7) is 0. The monoisotopic (exact) mass is 315 g/mol. The van der Waals surface area contributed by atoms with E-state index in [-0.39, 0.29) is 16.1 Å². The van der Waals surface area contributed by atoms with Gasteiger partial charge in [-0.1, -0.05) is 0 Å². The SMILES string of the molecule is Oc1cc(I)nc(Br)c1O. The molecule has 54 valence electrons. The summed E-state index contributed by atoms with van der Waals surface area (Å²) in [6, 6.07) is 1.38. The van der Waals surface area contributed by atoms with E-state index >= 15 is 0 Å². The average molecular weight is 316 g/mol. The molecule has 1 aromatic heterocycles. The number of pyridine rings is 1. The van der Waals surface area contributed by atoms with Gasteiger partial charge in [0.1, 0.15) is 3.70 Å². The van der Waals surface area contributed by atoms with Gasteiger partial charge in [0, 0.05) is 6.07 Å². The van der Waals surface area contributed by atoms with Gasteiger partial charge in [-0.25, -0.2) is 4.98 Å². The molecule has 0 fully saturated rings. The molecule has 0 aliphatic rings. The van der Waals surface area contributed by atoms with Crippen molar-refractivity contribution in [2.75, 3.05) is 0 Å². The molecule has 0 radical (unpaired) electrons. The Morgan fingerprint density at radius 2 is 2.10 bits per heavy atom. The molecule has 0 aromatic carbocycles. The number of aromatic hydroxyl groups is 2. The standard InChI is InChI=1S/C5H3BrINO2/c6-5-4(10)2(9)1-3(7)8-5/h1,10H,(H,8,9). The summed E-state index contributed by atoms with van der Waals surface area (Å²) in [5.41, 5.74) is 0. The molecule has 1 aromatic rings. The zero-order valence-electron chi connectivity index (χ0n) is 4.67. The minimum atomic E-state index is -0.222. The van der Waals surface area contributed by atoms with Crippen molar-refractivity contribution in [3.8, 4) is 11.5 Å². The molecular formula is C5H3BrINO2. The van der Waals surface area contributed by atoms with Crippen LogP contribution in [0.5, 0.6) is 11.5 Å². The normalized spacial score (nSPS) is 9.80. The third kappa shape index (κ3) is 1.51. The first kappa shape index (κ1) is 8.06. The second kappa shape index (κ2) is 2.91. The third-order valence-corrected chi connectivity index (χ3v) is 2.00. The lowest BCUT2D eigenvalue weighted by molar-refractivity contribution is 0.398. The maximum Gasteiger partial charge on any atom is 0.191 e. The van der Waals surface area contributed by atoms with Crippen LogP contribution >= 0.6 is 38.5 Å². The van der Waals surface area contributed by atoms with E-state index in [1.165, 1.54) is 6.07 Å². The van der Waals surface area contributed by atoms with Gasteiger partial charge in [0.2, 0.25) is 0 Å². The first-order valence-electron chi connectivity index (χ1n) is 2.35. The van der Waals surface area contributed by atoms with Gasteiger partial charge in [-0.3, -0.25) is 0 Å². The van der Waals surface area contributed by atoms with Gasteiger partial charge in [0.25, 0.3) is 0 Å². The summed E-state index contributed by atoms with van der Waals surface area (Å²) < 4.78 is 0.886. The highest BCUT2D eigenvalue weighted by Gasteiger charge is 2.05. The van der Waals surface area contributed by atoms with Gasteiger partial charge in [-0.05, 0) is 38.5 Å². The molecule has 0 bridgehead atoms. The van der Waals surface area contributed by atoms with E-state index in [1.54, 1.807) is 0 Å². The largest absolute Gasteiger partial charge is 0.504 e. The fourth-order valence-electron chi connectivity index (χ4n) is 0.466. The van der Waals surface area contributed by atoms with Crippen LogP contribution < -0.4 is 0 Å². The lowest BCUT2D eigenvalue weighted by Gasteiger charge is -1.98. The number of hydrogen-bond donors (Lipinski definition) is 2. The highest BCUT2D eigenvalue weighted by atomic mass is 127. The van der Waals surface area contributed by atoms with Crippen molar-refractivity contribution in [2.24, 2.45) is 0 Å². The van der Waals surface area contributed by atoms with Crippen LogP contribution in [0.4, 0.5) is 0 Å². The number of rotatable bonds is 0. The Labute approximate surface area is 79.4 Å². The first-order chi connectivity index (χ1) is 4.61. The summed E-state index contributed by atoms with van der Waals surface area (Å²) in [4.78, 5) is 3.83. The Hall–Kier alpha value is -0.0400. The molecule has 0 saturated heterocycles. The van der Waals surface area contributed by atoms with Crippen LogP contribution in [0.25, 0.3) is 0 Å². The van der Waals surface area contributed by atoms with Crippen LogP contribution in [0.3, 0.4) is 0 Å². The van der Waals surface area contributed by atoms with Gasteiger partial charge in [-0.2, -0.15) is 0 Å². The van der Waals surface area contributed by atoms with Crippen LogP contribution in [0.15, 0.2) is 10.7 Å². The number of hydrogen-bond acceptors (Lipinski definition) is 3. The Kier molecular flexibility index (Phi) is 2.35. The second-order valence-electron chi connectivity index (χ2n) is 1.60. The Bertz CT molecular complexity index is 243. The molecular weight excluding hydrogens is 313 g/mol. The maximum atomic E-state index is 8.97. The van der Waals surface area contributed by atoms with Crippen LogP contribution in [0.2, 0.25) is 0 Å². The van der Waals surface area contributed by atoms with Gasteiger partial charge in [0.15, 0.2) is 16.1 Å². The van der Waals surface area contributed by atoms with Gasteiger partial charge in [-0.15, -0.1) is 0 Å². The number of aromatic nitrogens is 1. The second-order valence-corrected chi connectivity index (χ2v) is 3.46. The number of halogens is 2. The van der Waals surface area contributed by atoms with E-state index in [4.69, 9.17) is 10.2 Å². The van der Waals surface area contributed by atoms with Crippen molar-refractivity contribution in [1.82, 2.24) is 4.98 Å². The highest BCUT2D eigenvalue weighted by molar-refractivity contribution is 14.1. The van der Waals surface area contributed by atoms with Crippen LogP contribution in [0.1, 0.15) is 0 Å². The molecule has 0 aliphatic carbocycles. The van der Waals surface area contributed by atoms with Gasteiger partial charge < -0.3 is 10.2 Å². The molecule has 1 heterocycles. The zero-order valence-corrected chi connectivity index (χ0v) is 8.42. The smallest absolute Gasteiger partial charge is 0.191 e. The fraction of sp³-hybridized carbons (Fsp3) is 0. The molecule has 0 amide bonds. The minimum absolute atomic E-state index is 0.161. The van der Waals surface area contributed by atoms with Gasteiger partial charge >= 0.3 is 0 Å². The fourth-order valence-corrected chi connectivity index (χ4v) is 1.73. The molecule has 1 rings (SSSR count). The summed E-state index contributed by atoms with van der Waals surface area (Å²) in [5, 5.41) is 17.9. The third-order valence-electron chi connectivity index (χ3n) is 0.899. The Balaban J connectivity index is 3.31. The quantitative estimate of drug-likeness (QED) is 0.567. The first-order valence-corrected chi connectivity index (χ1v) is 4.22. The molecule has 3 nitrogen and oxygen atoms in total. The molecule has 10 heavy (non-hydrogen) atoms. The topological polar surface area (TPSA) is 53.4 Å². The molecule has 0 aliphatic heterocycles. The average Bonchev–Trinajstić information content (AvgIpc) is 1.82. The van der Waals surface area contributed by atoms with Crippen molar-refractivity contribution in [1.29, 1.82) is 0 Å². The van der Waals surface area contributed by atoms with Crippen LogP contribution in [0, 0.1) is 3.70 Å². The van der Waals surface area contributed by atoms with E-state index in [0.717, 1.165) is 0 Å². The van der Waals surface area contributed by atoms with E-state index in [2.05, 4.69) is 20.9 Å². The predicted octanol–water partition coefficient (Wildman–Crippen LogP) is 1.86. The summed E-state index contributed by atoms with van der Waals surface area (Å²) in [7, 11) is 0. The summed E-state index contributed by atoms with van der Waals surface area (Å²) in [6.07, 6.45) is 0. The van der Waals surface area contributed by atoms with Crippen molar-refractivity contribution >= 4 is 38.5 Å². The van der Waals surface area contributed by atoms with Crippen molar-refractivity contribution in [3.05, 3.63) is 14.4 Å². The van der Waals surface area contributed by atoms with E-state index in [0.29, 0.717) is 3.70 Å². The number of nitrogens with zero attached hydrogens (tertiary/aromatic N) is 1. The predicted molar refractivity (Wildman–Crippen MR) is 48.0 cm³/mol. The minimum Gasteiger partial charge on any atom is -0.504 e. The van der Waals surface area contributed by atoms with E-state index < -0.39 is 0 Å². The van der Waals surface area contributed by atoms with Crippen molar-refractivity contribution < 1.29 is 10.2 Å². The van der Waals surface area contributed by atoms with E-state index in [1.807, 2.05) is 22.6 Å². The van der Waals surface area contributed by atoms with E-state index in [9.17, 15) is 0 Å². The van der Waals surface area contributed by atoms with Crippen LogP contribution in [-0.4, -0.2) is 15.2 Å². The molecule has 0 atom stereocenters. The van der Waals surface area contributed by atoms with Crippen LogP contribution in [-0.2, 0) is 0 Å². The Morgan fingerprint density at radius 3 is 2.60 bits per heavy atom. The molecule has 0 saturated carbocycles. The Morgan fingerprint density at radius 1 is 1.50 bits per heavy atom. The summed E-state index contributed by atoms with van der Waals surface area (Å²) in [5.74, 6) is -0.383. The lowest BCUT2D eigenvalue weighted by Crippen LogP contribution is -1.81. The van der Waals surface area contributed by atoms with Gasteiger partial charge in [0.05, 0.1) is 0 Å². The lowest BCUT2D eigenvalue weighted by atomic mass is 10.4. The molecule has 0 unspecified atom stereocenters. The van der Waals surface area contributed by atoms with Crippen molar-refractivity contribution in [3.63, 3.8) is 0 Å². The molecule has 5 heteroatoms. The highest BCUT2D eigenvalue weighted by Crippen LogP contribution is 2.31. The summed E-state index contributed by atoms with van der Waals surface area (Å²) >= 11 is 4.91. The van der Waals surface area contributed by atoms with Crippen molar-refractivity contribution in [2.45, 2.75) is 0 Å². The zero-order chi connectivity index (χ0) is 7.72. The molecule has 2 N–H and O–H groups in total. The molecule has 0 spiro atoms.